The highest BCUT2D eigenvalue weighted by Crippen LogP contribution is 2.32. The van der Waals surface area contributed by atoms with E-state index in [4.69, 9.17) is 4.74 Å². The van der Waals surface area contributed by atoms with Crippen LogP contribution in [0.15, 0.2) is 18.5 Å². The molecule has 0 unspecified atom stereocenters. The van der Waals surface area contributed by atoms with Gasteiger partial charge < -0.3 is 19.9 Å². The quantitative estimate of drug-likeness (QED) is 0.836. The van der Waals surface area contributed by atoms with Crippen molar-refractivity contribution in [2.45, 2.75) is 44.6 Å². The molecule has 2 saturated carbocycles. The molecule has 0 aromatic carbocycles. The summed E-state index contributed by atoms with van der Waals surface area (Å²) in [5, 5.41) is 3.17. The molecule has 2 heterocycles. The molecular formula is C21H30N4O3. The number of anilines is 1. The van der Waals surface area contributed by atoms with E-state index < -0.39 is 0 Å². The third kappa shape index (κ3) is 4.23. The first-order valence-corrected chi connectivity index (χ1v) is 10.5. The Kier molecular flexibility index (Phi) is 5.69. The van der Waals surface area contributed by atoms with Crippen LogP contribution in [-0.2, 0) is 9.59 Å². The lowest BCUT2D eigenvalue weighted by molar-refractivity contribution is -0.137. The van der Waals surface area contributed by atoms with Gasteiger partial charge in [0.2, 0.25) is 11.8 Å². The molecule has 3 fully saturated rings. The van der Waals surface area contributed by atoms with E-state index in [-0.39, 0.29) is 29.7 Å². The van der Waals surface area contributed by atoms with E-state index >= 15 is 0 Å². The second-order valence-electron chi connectivity index (χ2n) is 8.19. The Morgan fingerprint density at radius 1 is 1.04 bits per heavy atom. The molecule has 1 aliphatic heterocycles. The normalized spacial score (nSPS) is 25.3. The van der Waals surface area contributed by atoms with E-state index in [1.165, 1.54) is 0 Å². The average Bonchev–Trinajstić information content (AvgIpc) is 3.59. The third-order valence-corrected chi connectivity index (χ3v) is 6.29. The minimum Gasteiger partial charge on any atom is -0.493 e. The van der Waals surface area contributed by atoms with Crippen molar-refractivity contribution in [3.63, 3.8) is 0 Å². The molecule has 2 aliphatic carbocycles. The standard InChI is InChI=1S/C21H30N4O3/c1-28-19-14-22-9-8-18(19)24-10-12-25(13-11-24)21(27)16-4-6-17(7-5-16)23-20(26)15-2-3-15/h8-9,14-17H,2-7,10-13H2,1H3,(H,23,26). The van der Waals surface area contributed by atoms with Gasteiger partial charge in [-0.3, -0.25) is 14.6 Å². The predicted molar refractivity (Wildman–Crippen MR) is 106 cm³/mol. The molecule has 28 heavy (non-hydrogen) atoms. The van der Waals surface area contributed by atoms with E-state index in [0.717, 1.165) is 76.1 Å². The van der Waals surface area contributed by atoms with Crippen LogP contribution in [0.1, 0.15) is 38.5 Å². The summed E-state index contributed by atoms with van der Waals surface area (Å²) < 4.78 is 5.41. The summed E-state index contributed by atoms with van der Waals surface area (Å²) in [6, 6.07) is 2.22. The first kappa shape index (κ1) is 19.0. The van der Waals surface area contributed by atoms with Gasteiger partial charge in [0.15, 0.2) is 5.75 Å². The van der Waals surface area contributed by atoms with E-state index in [9.17, 15) is 9.59 Å². The summed E-state index contributed by atoms with van der Waals surface area (Å²) in [6.07, 6.45) is 9.18. The van der Waals surface area contributed by atoms with Crippen molar-refractivity contribution in [1.29, 1.82) is 0 Å². The lowest BCUT2D eigenvalue weighted by Crippen LogP contribution is -2.51. The summed E-state index contributed by atoms with van der Waals surface area (Å²) in [4.78, 5) is 33.3. The topological polar surface area (TPSA) is 74.8 Å². The number of hydrogen-bond acceptors (Lipinski definition) is 5. The van der Waals surface area contributed by atoms with Crippen LogP contribution >= 0.6 is 0 Å². The lowest BCUT2D eigenvalue weighted by Gasteiger charge is -2.39. The van der Waals surface area contributed by atoms with Crippen molar-refractivity contribution in [1.82, 2.24) is 15.2 Å². The number of carbonyl (C=O) groups is 2. The van der Waals surface area contributed by atoms with Gasteiger partial charge in [-0.25, -0.2) is 0 Å². The van der Waals surface area contributed by atoms with Gasteiger partial charge in [0.05, 0.1) is 19.0 Å². The maximum Gasteiger partial charge on any atom is 0.225 e. The number of nitrogens with one attached hydrogen (secondary N) is 1. The van der Waals surface area contributed by atoms with Crippen LogP contribution in [0, 0.1) is 11.8 Å². The molecule has 1 aromatic heterocycles. The number of carbonyl (C=O) groups excluding carboxylic acids is 2. The first-order chi connectivity index (χ1) is 13.7. The molecule has 7 heteroatoms. The van der Waals surface area contributed by atoms with Gasteiger partial charge >= 0.3 is 0 Å². The second kappa shape index (κ2) is 8.37. The Morgan fingerprint density at radius 3 is 2.36 bits per heavy atom. The fourth-order valence-corrected chi connectivity index (χ4v) is 4.37. The van der Waals surface area contributed by atoms with Crippen LogP contribution in [0.4, 0.5) is 5.69 Å². The minimum atomic E-state index is 0.107. The van der Waals surface area contributed by atoms with Crippen molar-refractivity contribution >= 4 is 17.5 Å². The highest BCUT2D eigenvalue weighted by Gasteiger charge is 2.34. The average molecular weight is 386 g/mol. The maximum absolute atomic E-state index is 13.0. The number of hydrogen-bond donors (Lipinski definition) is 1. The monoisotopic (exact) mass is 386 g/mol. The van der Waals surface area contributed by atoms with Crippen molar-refractivity contribution in [3.8, 4) is 5.75 Å². The summed E-state index contributed by atoms with van der Waals surface area (Å²) in [5.74, 6) is 1.64. The van der Waals surface area contributed by atoms with Gasteiger partial charge in [-0.05, 0) is 44.6 Å². The van der Waals surface area contributed by atoms with Crippen LogP contribution in [0.3, 0.4) is 0 Å². The molecule has 2 amide bonds. The molecule has 0 spiro atoms. The summed E-state index contributed by atoms with van der Waals surface area (Å²) >= 11 is 0. The number of rotatable bonds is 5. The minimum absolute atomic E-state index is 0.107. The first-order valence-electron chi connectivity index (χ1n) is 10.5. The number of methoxy groups -OCH3 is 1. The molecule has 1 saturated heterocycles. The van der Waals surface area contributed by atoms with Crippen molar-refractivity contribution in [3.05, 3.63) is 18.5 Å². The molecule has 1 N–H and O–H groups in total. The van der Waals surface area contributed by atoms with Crippen molar-refractivity contribution < 1.29 is 14.3 Å². The molecule has 0 bridgehead atoms. The van der Waals surface area contributed by atoms with Crippen LogP contribution in [0.5, 0.6) is 5.75 Å². The van der Waals surface area contributed by atoms with E-state index in [1.807, 2.05) is 11.0 Å². The molecular weight excluding hydrogens is 356 g/mol. The largest absolute Gasteiger partial charge is 0.493 e. The fraction of sp³-hybridized carbons (Fsp3) is 0.667. The maximum atomic E-state index is 13.0. The van der Waals surface area contributed by atoms with Gasteiger partial charge in [-0.2, -0.15) is 0 Å². The molecule has 0 atom stereocenters. The van der Waals surface area contributed by atoms with Crippen LogP contribution < -0.4 is 15.0 Å². The van der Waals surface area contributed by atoms with Crippen LogP contribution in [0.25, 0.3) is 0 Å². The second-order valence-corrected chi connectivity index (χ2v) is 8.19. The zero-order valence-electron chi connectivity index (χ0n) is 16.6. The highest BCUT2D eigenvalue weighted by atomic mass is 16.5. The molecule has 3 aliphatic rings. The predicted octanol–water partition coefficient (Wildman–Crippen LogP) is 1.82. The third-order valence-electron chi connectivity index (χ3n) is 6.29. The number of ether oxygens (including phenoxy) is 1. The Hall–Kier alpha value is -2.31. The lowest BCUT2D eigenvalue weighted by atomic mass is 9.85. The summed E-state index contributed by atoms with van der Waals surface area (Å²) in [7, 11) is 1.66. The number of aromatic nitrogens is 1. The Balaban J connectivity index is 1.25. The van der Waals surface area contributed by atoms with Crippen molar-refractivity contribution in [2.24, 2.45) is 11.8 Å². The zero-order valence-corrected chi connectivity index (χ0v) is 16.6. The van der Waals surface area contributed by atoms with Gasteiger partial charge in [0.1, 0.15) is 0 Å². The summed E-state index contributed by atoms with van der Waals surface area (Å²) in [5.41, 5.74) is 1.04. The molecule has 152 valence electrons. The van der Waals surface area contributed by atoms with E-state index in [2.05, 4.69) is 15.2 Å². The van der Waals surface area contributed by atoms with Gasteiger partial charge in [0.25, 0.3) is 0 Å². The Bertz CT molecular complexity index is 705. The number of piperazine rings is 1. The molecule has 1 aromatic rings. The van der Waals surface area contributed by atoms with E-state index in [0.29, 0.717) is 0 Å². The van der Waals surface area contributed by atoms with Crippen LogP contribution in [0.2, 0.25) is 0 Å². The number of pyridine rings is 1. The Morgan fingerprint density at radius 2 is 1.71 bits per heavy atom. The number of nitrogens with zero attached hydrogens (tertiary/aromatic N) is 3. The van der Waals surface area contributed by atoms with Gasteiger partial charge in [0, 0.05) is 50.3 Å². The van der Waals surface area contributed by atoms with Crippen LogP contribution in [-0.4, -0.2) is 61.0 Å². The van der Waals surface area contributed by atoms with Gasteiger partial charge in [-0.1, -0.05) is 0 Å². The molecule has 0 radical (unpaired) electrons. The molecule has 4 rings (SSSR count). The van der Waals surface area contributed by atoms with Gasteiger partial charge in [-0.15, -0.1) is 0 Å². The summed E-state index contributed by atoms with van der Waals surface area (Å²) in [6.45, 7) is 3.09. The highest BCUT2D eigenvalue weighted by molar-refractivity contribution is 5.81. The van der Waals surface area contributed by atoms with E-state index in [1.54, 1.807) is 19.5 Å². The Labute approximate surface area is 166 Å². The fourth-order valence-electron chi connectivity index (χ4n) is 4.37. The van der Waals surface area contributed by atoms with Crippen molar-refractivity contribution in [2.75, 3.05) is 38.2 Å². The zero-order chi connectivity index (χ0) is 19.5. The SMILES string of the molecule is COc1cnccc1N1CCN(C(=O)C2CCC(NC(=O)C3CC3)CC2)CC1. The molecule has 7 nitrogen and oxygen atoms in total. The number of amides is 2. The smallest absolute Gasteiger partial charge is 0.225 e.